The molecule has 1 aliphatic rings. The molecule has 2 amide bonds. The molecule has 0 radical (unpaired) electrons. The zero-order valence-corrected chi connectivity index (χ0v) is 23.1. The quantitative estimate of drug-likeness (QED) is 0.227. The number of piperidine rings is 1. The van der Waals surface area contributed by atoms with Crippen LogP contribution < -0.4 is 10.2 Å². The number of benzene rings is 3. The average Bonchev–Trinajstić information content (AvgIpc) is 3.53. The van der Waals surface area contributed by atoms with E-state index >= 15 is 0 Å². The summed E-state index contributed by atoms with van der Waals surface area (Å²) in [4.78, 5) is 31.2. The summed E-state index contributed by atoms with van der Waals surface area (Å²) in [6.07, 6.45) is 6.90. The Kier molecular flexibility index (Phi) is 8.96. The number of carbonyl (C=O) groups is 2. The zero-order valence-electron chi connectivity index (χ0n) is 23.1. The number of hydrogen-bond acceptors (Lipinski definition) is 4. The first kappa shape index (κ1) is 27.3. The van der Waals surface area contributed by atoms with Gasteiger partial charge in [-0.15, -0.1) is 0 Å². The third kappa shape index (κ3) is 6.63. The van der Waals surface area contributed by atoms with Crippen LogP contribution in [0.5, 0.6) is 0 Å². The Labute approximate surface area is 236 Å². The molecule has 206 valence electrons. The minimum absolute atomic E-state index is 0.0129. The molecule has 0 bridgehead atoms. The topological polar surface area (TPSA) is 65.8 Å². The third-order valence-electron chi connectivity index (χ3n) is 7.43. The van der Waals surface area contributed by atoms with Crippen LogP contribution in [-0.2, 0) is 6.54 Å². The van der Waals surface area contributed by atoms with Crippen molar-refractivity contribution in [2.45, 2.75) is 45.6 Å². The number of likely N-dealkylation sites (tertiary alicyclic amines) is 1. The van der Waals surface area contributed by atoms with Gasteiger partial charge in [-0.2, -0.15) is 0 Å². The molecule has 3 aromatic carbocycles. The predicted octanol–water partition coefficient (Wildman–Crippen LogP) is 7.63. The molecule has 6 heteroatoms. The number of furan rings is 1. The van der Waals surface area contributed by atoms with Crippen molar-refractivity contribution in [3.63, 3.8) is 0 Å². The van der Waals surface area contributed by atoms with E-state index < -0.39 is 0 Å². The lowest BCUT2D eigenvalue weighted by molar-refractivity contribution is 0.0724. The van der Waals surface area contributed by atoms with Gasteiger partial charge in [0.2, 0.25) is 0 Å². The second kappa shape index (κ2) is 13.2. The van der Waals surface area contributed by atoms with Crippen molar-refractivity contribution in [2.75, 3.05) is 29.9 Å². The van der Waals surface area contributed by atoms with Gasteiger partial charge in [-0.3, -0.25) is 9.59 Å². The van der Waals surface area contributed by atoms with Gasteiger partial charge in [0.1, 0.15) is 5.76 Å². The van der Waals surface area contributed by atoms with Crippen LogP contribution in [0.1, 0.15) is 65.5 Å². The van der Waals surface area contributed by atoms with E-state index in [-0.39, 0.29) is 11.8 Å². The van der Waals surface area contributed by atoms with Gasteiger partial charge in [-0.05, 0) is 79.3 Å². The molecule has 4 aromatic rings. The van der Waals surface area contributed by atoms with Crippen LogP contribution in [-0.4, -0.2) is 36.3 Å². The van der Waals surface area contributed by atoms with Crippen molar-refractivity contribution in [1.29, 1.82) is 0 Å². The van der Waals surface area contributed by atoms with Crippen molar-refractivity contribution in [2.24, 2.45) is 0 Å². The highest BCUT2D eigenvalue weighted by Gasteiger charge is 2.24. The van der Waals surface area contributed by atoms with Crippen LogP contribution in [0, 0.1) is 0 Å². The lowest BCUT2D eigenvalue weighted by Gasteiger charge is -2.31. The van der Waals surface area contributed by atoms with Crippen LogP contribution in [0.15, 0.2) is 95.6 Å². The minimum atomic E-state index is -0.206. The molecule has 1 aromatic heterocycles. The molecule has 0 unspecified atom stereocenters. The summed E-state index contributed by atoms with van der Waals surface area (Å²) < 4.78 is 5.65. The van der Waals surface area contributed by atoms with Crippen LogP contribution >= 0.6 is 0 Å². The SMILES string of the molecule is CCCCN(Cc1ccco1)c1ccc(NC(=O)c2ccc(-c3ccccc3)cc2)cc1C(=O)N1CCCCC1. The maximum atomic E-state index is 13.8. The van der Waals surface area contributed by atoms with Gasteiger partial charge >= 0.3 is 0 Å². The Morgan fingerprint density at radius 1 is 0.875 bits per heavy atom. The molecule has 1 N–H and O–H groups in total. The van der Waals surface area contributed by atoms with Gasteiger partial charge in [-0.1, -0.05) is 55.8 Å². The highest BCUT2D eigenvalue weighted by molar-refractivity contribution is 6.06. The standard InChI is InChI=1S/C34H37N3O3/c1-2-3-20-37(25-30-13-10-23-40-30)32-19-18-29(24-31(32)34(39)36-21-8-5-9-22-36)35-33(38)28-16-14-27(15-17-28)26-11-6-4-7-12-26/h4,6-7,10-19,23-24H,2-3,5,8-9,20-22,25H2,1H3,(H,35,38). The van der Waals surface area contributed by atoms with Crippen LogP contribution in [0.3, 0.4) is 0 Å². The monoisotopic (exact) mass is 535 g/mol. The first-order chi connectivity index (χ1) is 19.6. The Morgan fingerprint density at radius 3 is 2.33 bits per heavy atom. The second-order valence-corrected chi connectivity index (χ2v) is 10.3. The van der Waals surface area contributed by atoms with E-state index in [4.69, 9.17) is 4.42 Å². The van der Waals surface area contributed by atoms with Gasteiger partial charge in [0.05, 0.1) is 24.1 Å². The van der Waals surface area contributed by atoms with Crippen molar-refractivity contribution >= 4 is 23.2 Å². The van der Waals surface area contributed by atoms with E-state index in [0.29, 0.717) is 23.4 Å². The number of hydrogen-bond donors (Lipinski definition) is 1. The van der Waals surface area contributed by atoms with Crippen molar-refractivity contribution in [1.82, 2.24) is 4.90 Å². The normalized spacial score (nSPS) is 13.2. The van der Waals surface area contributed by atoms with Crippen molar-refractivity contribution in [3.05, 3.63) is 108 Å². The molecule has 0 spiro atoms. The fourth-order valence-corrected chi connectivity index (χ4v) is 5.20. The third-order valence-corrected chi connectivity index (χ3v) is 7.43. The van der Waals surface area contributed by atoms with Gasteiger partial charge in [0, 0.05) is 30.9 Å². The van der Waals surface area contributed by atoms with Gasteiger partial charge < -0.3 is 19.5 Å². The molecule has 1 aliphatic heterocycles. The number of nitrogens with zero attached hydrogens (tertiary/aromatic N) is 2. The van der Waals surface area contributed by atoms with Crippen LogP contribution in [0.25, 0.3) is 11.1 Å². The molecular weight excluding hydrogens is 498 g/mol. The van der Waals surface area contributed by atoms with E-state index in [1.807, 2.05) is 89.8 Å². The summed E-state index contributed by atoms with van der Waals surface area (Å²) >= 11 is 0. The molecule has 5 rings (SSSR count). The Hall–Kier alpha value is -4.32. The van der Waals surface area contributed by atoms with Crippen molar-refractivity contribution in [3.8, 4) is 11.1 Å². The van der Waals surface area contributed by atoms with E-state index in [1.165, 1.54) is 0 Å². The average molecular weight is 536 g/mol. The minimum Gasteiger partial charge on any atom is -0.467 e. The van der Waals surface area contributed by atoms with Gasteiger partial charge in [0.25, 0.3) is 11.8 Å². The molecule has 0 saturated carbocycles. The fourth-order valence-electron chi connectivity index (χ4n) is 5.20. The number of amides is 2. The number of anilines is 2. The molecule has 0 aliphatic carbocycles. The maximum absolute atomic E-state index is 13.8. The highest BCUT2D eigenvalue weighted by Crippen LogP contribution is 2.29. The van der Waals surface area contributed by atoms with E-state index in [0.717, 1.165) is 74.3 Å². The summed E-state index contributed by atoms with van der Waals surface area (Å²) in [5.74, 6) is 0.657. The molecule has 6 nitrogen and oxygen atoms in total. The molecule has 1 saturated heterocycles. The van der Waals surface area contributed by atoms with Crippen LogP contribution in [0.2, 0.25) is 0 Å². The molecule has 1 fully saturated rings. The van der Waals surface area contributed by atoms with E-state index in [9.17, 15) is 9.59 Å². The number of unbranched alkanes of at least 4 members (excludes halogenated alkanes) is 1. The molecule has 0 atom stereocenters. The molecule has 2 heterocycles. The smallest absolute Gasteiger partial charge is 0.256 e. The fraction of sp³-hybridized carbons (Fsp3) is 0.294. The van der Waals surface area contributed by atoms with Gasteiger partial charge in [0.15, 0.2) is 0 Å². The summed E-state index contributed by atoms with van der Waals surface area (Å²) in [5.41, 5.74) is 4.81. The summed E-state index contributed by atoms with van der Waals surface area (Å²) in [6, 6.07) is 27.2. The van der Waals surface area contributed by atoms with E-state index in [2.05, 4.69) is 17.1 Å². The van der Waals surface area contributed by atoms with Gasteiger partial charge in [-0.25, -0.2) is 0 Å². The maximum Gasteiger partial charge on any atom is 0.256 e. The Balaban J connectivity index is 1.41. The summed E-state index contributed by atoms with van der Waals surface area (Å²) in [6.45, 7) is 5.06. The lowest BCUT2D eigenvalue weighted by Crippen LogP contribution is -2.37. The molecule has 40 heavy (non-hydrogen) atoms. The molecular formula is C34H37N3O3. The first-order valence-corrected chi connectivity index (χ1v) is 14.3. The first-order valence-electron chi connectivity index (χ1n) is 14.3. The lowest BCUT2D eigenvalue weighted by atomic mass is 10.0. The number of nitrogens with one attached hydrogen (secondary N) is 1. The zero-order chi connectivity index (χ0) is 27.7. The Bertz CT molecular complexity index is 1390. The Morgan fingerprint density at radius 2 is 1.62 bits per heavy atom. The van der Waals surface area contributed by atoms with Crippen LogP contribution in [0.4, 0.5) is 11.4 Å². The van der Waals surface area contributed by atoms with E-state index in [1.54, 1.807) is 6.26 Å². The second-order valence-electron chi connectivity index (χ2n) is 10.3. The summed E-state index contributed by atoms with van der Waals surface area (Å²) in [7, 11) is 0. The highest BCUT2D eigenvalue weighted by atomic mass is 16.3. The number of carbonyl (C=O) groups excluding carboxylic acids is 2. The summed E-state index contributed by atoms with van der Waals surface area (Å²) in [5, 5.41) is 3.02. The predicted molar refractivity (Wildman–Crippen MR) is 161 cm³/mol. The number of rotatable bonds is 10. The van der Waals surface area contributed by atoms with Crippen molar-refractivity contribution < 1.29 is 14.0 Å². The largest absolute Gasteiger partial charge is 0.467 e.